The van der Waals surface area contributed by atoms with E-state index in [1.54, 1.807) is 30.3 Å². The molecule has 2 aliphatic heterocycles. The first kappa shape index (κ1) is 16.5. The first-order valence-electron chi connectivity index (χ1n) is 7.80. The summed E-state index contributed by atoms with van der Waals surface area (Å²) >= 11 is 0. The number of carbonyl (C=O) groups excluding carboxylic acids is 2. The average molecular weight is 349 g/mol. The number of piperazine rings is 1. The molecule has 0 atom stereocenters. The third-order valence-corrected chi connectivity index (χ3v) is 5.92. The fourth-order valence-corrected chi connectivity index (χ4v) is 4.35. The number of amides is 2. The van der Waals surface area contributed by atoms with E-state index < -0.39 is 10.0 Å². The van der Waals surface area contributed by atoms with Crippen LogP contribution in [0.15, 0.2) is 30.3 Å². The first-order chi connectivity index (χ1) is 11.5. The van der Waals surface area contributed by atoms with Crippen molar-refractivity contribution in [3.05, 3.63) is 35.9 Å². The maximum atomic E-state index is 12.0. The van der Waals surface area contributed by atoms with Gasteiger partial charge in [0.2, 0.25) is 21.8 Å². The van der Waals surface area contributed by atoms with Gasteiger partial charge in [-0.25, -0.2) is 8.42 Å². The molecule has 128 valence electrons. The third-order valence-electron chi connectivity index (χ3n) is 4.05. The Labute approximate surface area is 141 Å². The quantitative estimate of drug-likeness (QED) is 0.790. The Morgan fingerprint density at radius 2 is 1.92 bits per heavy atom. The SMILES string of the molecule is O=C1CN(C(=O)/C=C/c2ccc(N3CCCS3(=O)=O)cc2)CCN1. The molecule has 0 aromatic heterocycles. The number of nitrogens with one attached hydrogen (secondary N) is 1. The van der Waals surface area contributed by atoms with Crippen LogP contribution in [0.3, 0.4) is 0 Å². The predicted molar refractivity (Wildman–Crippen MR) is 90.8 cm³/mol. The molecule has 7 nitrogen and oxygen atoms in total. The zero-order chi connectivity index (χ0) is 17.2. The molecule has 2 fully saturated rings. The molecule has 3 rings (SSSR count). The predicted octanol–water partition coefficient (Wildman–Crippen LogP) is 0.198. The van der Waals surface area contributed by atoms with E-state index in [1.165, 1.54) is 15.3 Å². The summed E-state index contributed by atoms with van der Waals surface area (Å²) in [5, 5.41) is 2.67. The van der Waals surface area contributed by atoms with E-state index in [2.05, 4.69) is 5.32 Å². The van der Waals surface area contributed by atoms with Gasteiger partial charge in [-0.1, -0.05) is 12.1 Å². The second-order valence-electron chi connectivity index (χ2n) is 5.78. The zero-order valence-corrected chi connectivity index (χ0v) is 14.0. The maximum absolute atomic E-state index is 12.0. The van der Waals surface area contributed by atoms with E-state index in [9.17, 15) is 18.0 Å². The molecule has 1 aromatic rings. The Bertz CT molecular complexity index is 771. The lowest BCUT2D eigenvalue weighted by atomic mass is 10.2. The number of sulfonamides is 1. The molecular weight excluding hydrogens is 330 g/mol. The molecule has 1 N–H and O–H groups in total. The van der Waals surface area contributed by atoms with Crippen LogP contribution in [-0.4, -0.2) is 57.1 Å². The minimum atomic E-state index is -3.18. The average Bonchev–Trinajstić information content (AvgIpc) is 2.92. The van der Waals surface area contributed by atoms with Crippen LogP contribution in [0.25, 0.3) is 6.08 Å². The molecule has 8 heteroatoms. The van der Waals surface area contributed by atoms with E-state index in [0.717, 1.165) is 5.56 Å². The number of carbonyl (C=O) groups is 2. The Morgan fingerprint density at radius 3 is 2.54 bits per heavy atom. The van der Waals surface area contributed by atoms with Crippen LogP contribution in [0, 0.1) is 0 Å². The summed E-state index contributed by atoms with van der Waals surface area (Å²) in [5.74, 6) is -0.178. The lowest BCUT2D eigenvalue weighted by Gasteiger charge is -2.25. The molecule has 0 bridgehead atoms. The molecule has 2 saturated heterocycles. The number of hydrogen-bond donors (Lipinski definition) is 1. The van der Waals surface area contributed by atoms with E-state index >= 15 is 0 Å². The van der Waals surface area contributed by atoms with Crippen molar-refractivity contribution >= 4 is 33.6 Å². The molecular formula is C16H19N3O4S. The number of benzene rings is 1. The van der Waals surface area contributed by atoms with Crippen molar-refractivity contribution in [1.82, 2.24) is 10.2 Å². The molecule has 0 aliphatic carbocycles. The summed E-state index contributed by atoms with van der Waals surface area (Å²) in [7, 11) is -3.18. The van der Waals surface area contributed by atoms with Crippen LogP contribution >= 0.6 is 0 Å². The summed E-state index contributed by atoms with van der Waals surface area (Å²) in [4.78, 5) is 24.8. The third kappa shape index (κ3) is 3.59. The topological polar surface area (TPSA) is 86.8 Å². The van der Waals surface area contributed by atoms with Gasteiger partial charge < -0.3 is 10.2 Å². The van der Waals surface area contributed by atoms with Gasteiger partial charge in [-0.2, -0.15) is 0 Å². The molecule has 24 heavy (non-hydrogen) atoms. The monoisotopic (exact) mass is 349 g/mol. The van der Waals surface area contributed by atoms with E-state index in [1.807, 2.05) is 0 Å². The van der Waals surface area contributed by atoms with Crippen LogP contribution < -0.4 is 9.62 Å². The van der Waals surface area contributed by atoms with Crippen molar-refractivity contribution in [2.75, 3.05) is 36.2 Å². The molecule has 2 heterocycles. The van der Waals surface area contributed by atoms with E-state index in [-0.39, 0.29) is 24.1 Å². The van der Waals surface area contributed by atoms with Gasteiger partial charge in [-0.15, -0.1) is 0 Å². The standard InChI is InChI=1S/C16H19N3O4S/c20-15-12-18(10-8-17-15)16(21)7-4-13-2-5-14(6-3-13)19-9-1-11-24(19,22)23/h2-7H,1,8-12H2,(H,17,20)/b7-4+. The number of hydrogen-bond acceptors (Lipinski definition) is 4. The van der Waals surface area contributed by atoms with Crippen molar-refractivity contribution in [3.8, 4) is 0 Å². The summed E-state index contributed by atoms with van der Waals surface area (Å²) in [6.45, 7) is 1.56. The minimum Gasteiger partial charge on any atom is -0.353 e. The summed E-state index contributed by atoms with van der Waals surface area (Å²) in [5.41, 5.74) is 1.44. The van der Waals surface area contributed by atoms with Crippen molar-refractivity contribution in [3.63, 3.8) is 0 Å². The summed E-state index contributed by atoms with van der Waals surface area (Å²) in [6.07, 6.45) is 3.74. The molecule has 2 amide bonds. The number of nitrogens with zero attached hydrogens (tertiary/aromatic N) is 2. The van der Waals surface area contributed by atoms with Gasteiger partial charge in [0, 0.05) is 25.7 Å². The van der Waals surface area contributed by atoms with Crippen LogP contribution in [0.4, 0.5) is 5.69 Å². The van der Waals surface area contributed by atoms with Crippen molar-refractivity contribution in [2.45, 2.75) is 6.42 Å². The second-order valence-corrected chi connectivity index (χ2v) is 7.79. The van der Waals surface area contributed by atoms with Crippen LogP contribution in [0.5, 0.6) is 0 Å². The van der Waals surface area contributed by atoms with Gasteiger partial charge in [0.25, 0.3) is 0 Å². The fourth-order valence-electron chi connectivity index (χ4n) is 2.78. The van der Waals surface area contributed by atoms with Crippen molar-refractivity contribution < 1.29 is 18.0 Å². The number of anilines is 1. The smallest absolute Gasteiger partial charge is 0.247 e. The van der Waals surface area contributed by atoms with Gasteiger partial charge in [0.05, 0.1) is 18.0 Å². The first-order valence-corrected chi connectivity index (χ1v) is 9.41. The highest BCUT2D eigenvalue weighted by molar-refractivity contribution is 7.93. The Balaban J connectivity index is 1.65. The lowest BCUT2D eigenvalue weighted by molar-refractivity contribution is -0.134. The highest BCUT2D eigenvalue weighted by Crippen LogP contribution is 2.24. The Kier molecular flexibility index (Phi) is 4.57. The van der Waals surface area contributed by atoms with Gasteiger partial charge in [0.15, 0.2) is 0 Å². The second kappa shape index (κ2) is 6.64. The van der Waals surface area contributed by atoms with E-state index in [0.29, 0.717) is 31.7 Å². The summed E-state index contributed by atoms with van der Waals surface area (Å²) in [6, 6.07) is 7.02. The summed E-state index contributed by atoms with van der Waals surface area (Å²) < 4.78 is 25.2. The molecule has 0 spiro atoms. The van der Waals surface area contributed by atoms with E-state index in [4.69, 9.17) is 0 Å². The maximum Gasteiger partial charge on any atom is 0.247 e. The van der Waals surface area contributed by atoms with Gasteiger partial charge in [-0.05, 0) is 30.2 Å². The van der Waals surface area contributed by atoms with Crippen molar-refractivity contribution in [1.29, 1.82) is 0 Å². The van der Waals surface area contributed by atoms with Gasteiger partial charge in [0.1, 0.15) is 0 Å². The molecule has 0 radical (unpaired) electrons. The Hall–Kier alpha value is -2.35. The largest absolute Gasteiger partial charge is 0.353 e. The highest BCUT2D eigenvalue weighted by atomic mass is 32.2. The van der Waals surface area contributed by atoms with Crippen LogP contribution in [-0.2, 0) is 19.6 Å². The molecule has 0 unspecified atom stereocenters. The van der Waals surface area contributed by atoms with Crippen molar-refractivity contribution in [2.24, 2.45) is 0 Å². The van der Waals surface area contributed by atoms with Crippen LogP contribution in [0.1, 0.15) is 12.0 Å². The molecule has 2 aliphatic rings. The normalized spacial score (nSPS) is 20.4. The lowest BCUT2D eigenvalue weighted by Crippen LogP contribution is -2.49. The molecule has 0 saturated carbocycles. The number of rotatable bonds is 3. The van der Waals surface area contributed by atoms with Gasteiger partial charge >= 0.3 is 0 Å². The van der Waals surface area contributed by atoms with Gasteiger partial charge in [-0.3, -0.25) is 13.9 Å². The Morgan fingerprint density at radius 1 is 1.17 bits per heavy atom. The highest BCUT2D eigenvalue weighted by Gasteiger charge is 2.28. The minimum absolute atomic E-state index is 0.0783. The van der Waals surface area contributed by atoms with Crippen LogP contribution in [0.2, 0.25) is 0 Å². The zero-order valence-electron chi connectivity index (χ0n) is 13.1. The fraction of sp³-hybridized carbons (Fsp3) is 0.375. The molecule has 1 aromatic carbocycles.